The van der Waals surface area contributed by atoms with Crippen LogP contribution in [0.1, 0.15) is 36.9 Å². The summed E-state index contributed by atoms with van der Waals surface area (Å²) in [6.45, 7) is 5.74. The van der Waals surface area contributed by atoms with Gasteiger partial charge in [0.1, 0.15) is 0 Å². The molecule has 1 heteroatoms. The second-order valence-electron chi connectivity index (χ2n) is 3.70. The Bertz CT molecular complexity index is 261. The van der Waals surface area contributed by atoms with Gasteiger partial charge in [0.15, 0.2) is 0 Å². The SMILES string of the molecule is C=CCCCCCc1ccc(C)nc1. The molecule has 0 saturated heterocycles. The molecule has 1 heterocycles. The molecular formula is C13H19N. The van der Waals surface area contributed by atoms with Crippen LogP contribution < -0.4 is 0 Å². The van der Waals surface area contributed by atoms with Crippen molar-refractivity contribution in [2.45, 2.75) is 39.0 Å². The van der Waals surface area contributed by atoms with Crippen molar-refractivity contribution in [1.29, 1.82) is 0 Å². The normalized spacial score (nSPS) is 10.1. The fraction of sp³-hybridized carbons (Fsp3) is 0.462. The van der Waals surface area contributed by atoms with Gasteiger partial charge in [0, 0.05) is 11.9 Å². The highest BCUT2D eigenvalue weighted by atomic mass is 14.6. The summed E-state index contributed by atoms with van der Waals surface area (Å²) in [6.07, 6.45) is 10.1. The maximum absolute atomic E-state index is 4.28. The minimum absolute atomic E-state index is 1.10. The summed E-state index contributed by atoms with van der Waals surface area (Å²) in [6, 6.07) is 4.26. The molecule has 0 fully saturated rings. The number of aromatic nitrogens is 1. The first-order chi connectivity index (χ1) is 6.83. The second-order valence-corrected chi connectivity index (χ2v) is 3.70. The number of rotatable bonds is 6. The van der Waals surface area contributed by atoms with E-state index in [1.54, 1.807) is 0 Å². The van der Waals surface area contributed by atoms with Gasteiger partial charge in [-0.25, -0.2) is 0 Å². The molecule has 0 amide bonds. The molecule has 0 spiro atoms. The van der Waals surface area contributed by atoms with Crippen LogP contribution in [0.4, 0.5) is 0 Å². The van der Waals surface area contributed by atoms with E-state index in [0.29, 0.717) is 0 Å². The fourth-order valence-electron chi connectivity index (χ4n) is 1.44. The van der Waals surface area contributed by atoms with Crippen molar-refractivity contribution in [1.82, 2.24) is 4.98 Å². The van der Waals surface area contributed by atoms with Gasteiger partial charge in [-0.05, 0) is 44.2 Å². The molecule has 0 unspecified atom stereocenters. The van der Waals surface area contributed by atoms with Crippen LogP contribution in [0, 0.1) is 6.92 Å². The van der Waals surface area contributed by atoms with Crippen LogP contribution in [0.3, 0.4) is 0 Å². The molecule has 1 aromatic rings. The molecule has 0 aliphatic heterocycles. The molecular weight excluding hydrogens is 170 g/mol. The van der Waals surface area contributed by atoms with Gasteiger partial charge in [0.05, 0.1) is 0 Å². The first kappa shape index (κ1) is 11.0. The Morgan fingerprint density at radius 1 is 1.29 bits per heavy atom. The Morgan fingerprint density at radius 2 is 2.14 bits per heavy atom. The Hall–Kier alpha value is -1.11. The van der Waals surface area contributed by atoms with Crippen LogP contribution >= 0.6 is 0 Å². The van der Waals surface area contributed by atoms with Gasteiger partial charge in [0.2, 0.25) is 0 Å². The minimum atomic E-state index is 1.10. The molecule has 0 atom stereocenters. The lowest BCUT2D eigenvalue weighted by atomic mass is 10.1. The Morgan fingerprint density at radius 3 is 2.79 bits per heavy atom. The number of aryl methyl sites for hydroxylation is 2. The van der Waals surface area contributed by atoms with Crippen LogP contribution in [-0.4, -0.2) is 4.98 Å². The van der Waals surface area contributed by atoms with Crippen molar-refractivity contribution < 1.29 is 0 Å². The zero-order valence-corrected chi connectivity index (χ0v) is 9.00. The zero-order valence-electron chi connectivity index (χ0n) is 9.00. The third kappa shape index (κ3) is 4.22. The van der Waals surface area contributed by atoms with Crippen molar-refractivity contribution >= 4 is 0 Å². The van der Waals surface area contributed by atoms with E-state index in [1.165, 1.54) is 24.8 Å². The molecule has 0 aliphatic carbocycles. The van der Waals surface area contributed by atoms with Crippen LogP contribution in [0.2, 0.25) is 0 Å². The highest BCUT2D eigenvalue weighted by Crippen LogP contribution is 2.07. The quantitative estimate of drug-likeness (QED) is 0.491. The van der Waals surface area contributed by atoms with E-state index in [0.717, 1.165) is 18.5 Å². The van der Waals surface area contributed by atoms with Gasteiger partial charge in [0.25, 0.3) is 0 Å². The molecule has 1 aromatic heterocycles. The van der Waals surface area contributed by atoms with E-state index in [2.05, 4.69) is 23.7 Å². The van der Waals surface area contributed by atoms with Crippen LogP contribution in [0.5, 0.6) is 0 Å². The number of hydrogen-bond acceptors (Lipinski definition) is 1. The van der Waals surface area contributed by atoms with Crippen molar-refractivity contribution in [3.05, 3.63) is 42.2 Å². The molecule has 0 aliphatic rings. The molecule has 0 aromatic carbocycles. The van der Waals surface area contributed by atoms with E-state index in [1.807, 2.05) is 19.2 Å². The number of hydrogen-bond donors (Lipinski definition) is 0. The summed E-state index contributed by atoms with van der Waals surface area (Å²) >= 11 is 0. The summed E-state index contributed by atoms with van der Waals surface area (Å²) in [5, 5.41) is 0. The maximum Gasteiger partial charge on any atom is 0.0372 e. The topological polar surface area (TPSA) is 12.9 Å². The molecule has 1 nitrogen and oxygen atoms in total. The number of nitrogens with zero attached hydrogens (tertiary/aromatic N) is 1. The van der Waals surface area contributed by atoms with Gasteiger partial charge in [-0.2, -0.15) is 0 Å². The van der Waals surface area contributed by atoms with E-state index < -0.39 is 0 Å². The number of pyridine rings is 1. The predicted octanol–water partition coefficient (Wildman–Crippen LogP) is 3.68. The monoisotopic (exact) mass is 189 g/mol. The highest BCUT2D eigenvalue weighted by Gasteiger charge is 1.93. The van der Waals surface area contributed by atoms with Crippen LogP contribution in [0.25, 0.3) is 0 Å². The van der Waals surface area contributed by atoms with E-state index >= 15 is 0 Å². The summed E-state index contributed by atoms with van der Waals surface area (Å²) in [5.74, 6) is 0. The summed E-state index contributed by atoms with van der Waals surface area (Å²) in [5.41, 5.74) is 2.45. The standard InChI is InChI=1S/C13H19N/c1-3-4-5-6-7-8-13-10-9-12(2)14-11-13/h3,9-11H,1,4-8H2,2H3. The average molecular weight is 189 g/mol. The maximum atomic E-state index is 4.28. The molecule has 0 N–H and O–H groups in total. The van der Waals surface area contributed by atoms with Crippen molar-refractivity contribution in [3.8, 4) is 0 Å². The van der Waals surface area contributed by atoms with Gasteiger partial charge < -0.3 is 0 Å². The van der Waals surface area contributed by atoms with Gasteiger partial charge in [-0.1, -0.05) is 18.6 Å². The lowest BCUT2D eigenvalue weighted by Gasteiger charge is -2.00. The molecule has 0 radical (unpaired) electrons. The van der Waals surface area contributed by atoms with E-state index in [-0.39, 0.29) is 0 Å². The van der Waals surface area contributed by atoms with Crippen molar-refractivity contribution in [2.24, 2.45) is 0 Å². The molecule has 14 heavy (non-hydrogen) atoms. The Kier molecular flexibility index (Phi) is 4.98. The number of allylic oxidation sites excluding steroid dienone is 1. The van der Waals surface area contributed by atoms with Gasteiger partial charge in [-0.15, -0.1) is 6.58 Å². The van der Waals surface area contributed by atoms with Gasteiger partial charge in [-0.3, -0.25) is 4.98 Å². The molecule has 0 bridgehead atoms. The molecule has 76 valence electrons. The largest absolute Gasteiger partial charge is 0.261 e. The first-order valence-electron chi connectivity index (χ1n) is 5.35. The van der Waals surface area contributed by atoms with Crippen molar-refractivity contribution in [2.75, 3.05) is 0 Å². The third-order valence-corrected chi connectivity index (χ3v) is 2.35. The zero-order chi connectivity index (χ0) is 10.2. The summed E-state index contributed by atoms with van der Waals surface area (Å²) in [7, 11) is 0. The molecule has 1 rings (SSSR count). The van der Waals surface area contributed by atoms with Crippen molar-refractivity contribution in [3.63, 3.8) is 0 Å². The minimum Gasteiger partial charge on any atom is -0.261 e. The van der Waals surface area contributed by atoms with Crippen LogP contribution in [0.15, 0.2) is 31.0 Å². The summed E-state index contributed by atoms with van der Waals surface area (Å²) < 4.78 is 0. The smallest absolute Gasteiger partial charge is 0.0372 e. The number of unbranched alkanes of at least 4 members (excludes halogenated alkanes) is 3. The lowest BCUT2D eigenvalue weighted by molar-refractivity contribution is 0.686. The predicted molar refractivity (Wildman–Crippen MR) is 61.3 cm³/mol. The third-order valence-electron chi connectivity index (χ3n) is 2.35. The second kappa shape index (κ2) is 6.36. The lowest BCUT2D eigenvalue weighted by Crippen LogP contribution is -1.88. The Balaban J connectivity index is 2.18. The van der Waals surface area contributed by atoms with E-state index in [9.17, 15) is 0 Å². The average Bonchev–Trinajstić information content (AvgIpc) is 2.21. The first-order valence-corrected chi connectivity index (χ1v) is 5.35. The Labute approximate surface area is 86.9 Å². The van der Waals surface area contributed by atoms with E-state index in [4.69, 9.17) is 0 Å². The highest BCUT2D eigenvalue weighted by molar-refractivity contribution is 5.12. The van der Waals surface area contributed by atoms with Gasteiger partial charge >= 0.3 is 0 Å². The van der Waals surface area contributed by atoms with Crippen LogP contribution in [-0.2, 0) is 6.42 Å². The fourth-order valence-corrected chi connectivity index (χ4v) is 1.44. The summed E-state index contributed by atoms with van der Waals surface area (Å²) in [4.78, 5) is 4.28. The molecule has 0 saturated carbocycles.